The van der Waals surface area contributed by atoms with Crippen molar-refractivity contribution in [3.8, 4) is 0 Å². The maximum atomic E-state index is 13.0. The fourth-order valence-corrected chi connectivity index (χ4v) is 3.19. The fraction of sp³-hybridized carbons (Fsp3) is 0.333. The van der Waals surface area contributed by atoms with Gasteiger partial charge in [-0.2, -0.15) is 13.2 Å². The second-order valence-corrected chi connectivity index (χ2v) is 7.40. The van der Waals surface area contributed by atoms with Crippen LogP contribution in [0.3, 0.4) is 0 Å². The SMILES string of the molecule is CC(C)(C(=O)Nc1ccc(C(F)(F)F)cc1)C(=O)N1CCc2ccccc2C1. The lowest BCUT2D eigenvalue weighted by atomic mass is 9.88. The number of nitrogens with zero attached hydrogens (tertiary/aromatic N) is 1. The Balaban J connectivity index is 1.69. The lowest BCUT2D eigenvalue weighted by Crippen LogP contribution is -2.48. The van der Waals surface area contributed by atoms with Gasteiger partial charge in [0.1, 0.15) is 5.41 Å². The quantitative estimate of drug-likeness (QED) is 0.797. The summed E-state index contributed by atoms with van der Waals surface area (Å²) in [6.45, 7) is 4.00. The van der Waals surface area contributed by atoms with Crippen LogP contribution in [0.15, 0.2) is 48.5 Å². The summed E-state index contributed by atoms with van der Waals surface area (Å²) >= 11 is 0. The molecule has 1 heterocycles. The van der Waals surface area contributed by atoms with Gasteiger partial charge in [-0.25, -0.2) is 0 Å². The average Bonchev–Trinajstić information content (AvgIpc) is 2.66. The van der Waals surface area contributed by atoms with Crippen LogP contribution in [0.4, 0.5) is 18.9 Å². The Labute approximate surface area is 161 Å². The first-order valence-corrected chi connectivity index (χ1v) is 8.94. The van der Waals surface area contributed by atoms with Crippen LogP contribution in [-0.2, 0) is 28.7 Å². The van der Waals surface area contributed by atoms with Crippen molar-refractivity contribution in [3.63, 3.8) is 0 Å². The maximum absolute atomic E-state index is 13.0. The predicted octanol–water partition coefficient (Wildman–Crippen LogP) is 4.26. The molecule has 0 atom stereocenters. The summed E-state index contributed by atoms with van der Waals surface area (Å²) in [5.41, 5.74) is 0.310. The topological polar surface area (TPSA) is 49.4 Å². The van der Waals surface area contributed by atoms with E-state index in [1.807, 2.05) is 24.3 Å². The molecule has 7 heteroatoms. The zero-order valence-electron chi connectivity index (χ0n) is 15.6. The summed E-state index contributed by atoms with van der Waals surface area (Å²) in [5, 5.41) is 2.55. The van der Waals surface area contributed by atoms with Gasteiger partial charge in [0.15, 0.2) is 0 Å². The Hall–Kier alpha value is -2.83. The van der Waals surface area contributed by atoms with Gasteiger partial charge in [-0.15, -0.1) is 0 Å². The van der Waals surface area contributed by atoms with Crippen molar-refractivity contribution in [2.45, 2.75) is 33.0 Å². The summed E-state index contributed by atoms with van der Waals surface area (Å²) in [7, 11) is 0. The molecule has 2 aromatic carbocycles. The summed E-state index contributed by atoms with van der Waals surface area (Å²) in [4.78, 5) is 27.3. The Bertz CT molecular complexity index is 889. The lowest BCUT2D eigenvalue weighted by molar-refractivity contribution is -0.147. The predicted molar refractivity (Wildman–Crippen MR) is 99.4 cm³/mol. The molecule has 28 heavy (non-hydrogen) atoms. The molecule has 2 aromatic rings. The number of halogens is 3. The van der Waals surface area contributed by atoms with Crippen LogP contribution < -0.4 is 5.32 Å². The van der Waals surface area contributed by atoms with E-state index in [2.05, 4.69) is 5.32 Å². The third kappa shape index (κ3) is 4.03. The van der Waals surface area contributed by atoms with E-state index < -0.39 is 23.1 Å². The molecule has 0 aliphatic carbocycles. The van der Waals surface area contributed by atoms with Gasteiger partial charge >= 0.3 is 6.18 Å². The van der Waals surface area contributed by atoms with E-state index in [1.54, 1.807) is 4.90 Å². The van der Waals surface area contributed by atoms with Crippen molar-refractivity contribution in [2.24, 2.45) is 5.41 Å². The third-order valence-electron chi connectivity index (χ3n) is 4.99. The van der Waals surface area contributed by atoms with Crippen molar-refractivity contribution in [3.05, 3.63) is 65.2 Å². The molecule has 148 valence electrons. The normalized spacial score (nSPS) is 14.4. The largest absolute Gasteiger partial charge is 0.416 e. The summed E-state index contributed by atoms with van der Waals surface area (Å²) in [6.07, 6.45) is -3.72. The number of anilines is 1. The minimum atomic E-state index is -4.44. The summed E-state index contributed by atoms with van der Waals surface area (Å²) in [6, 6.07) is 12.0. The molecule has 0 fully saturated rings. The van der Waals surface area contributed by atoms with Gasteiger partial charge in [-0.05, 0) is 55.7 Å². The van der Waals surface area contributed by atoms with Crippen LogP contribution in [-0.4, -0.2) is 23.3 Å². The van der Waals surface area contributed by atoms with Gasteiger partial charge in [0, 0.05) is 18.8 Å². The highest BCUT2D eigenvalue weighted by Crippen LogP contribution is 2.31. The zero-order chi connectivity index (χ0) is 20.5. The highest BCUT2D eigenvalue weighted by molar-refractivity contribution is 6.09. The van der Waals surface area contributed by atoms with Gasteiger partial charge in [0.25, 0.3) is 0 Å². The second-order valence-electron chi connectivity index (χ2n) is 7.40. The summed E-state index contributed by atoms with van der Waals surface area (Å²) in [5.74, 6) is -0.873. The molecule has 3 rings (SSSR count). The number of nitrogens with one attached hydrogen (secondary N) is 1. The van der Waals surface area contributed by atoms with Crippen molar-refractivity contribution in [1.29, 1.82) is 0 Å². The van der Waals surface area contributed by atoms with E-state index >= 15 is 0 Å². The van der Waals surface area contributed by atoms with E-state index in [9.17, 15) is 22.8 Å². The molecule has 0 spiro atoms. The number of alkyl halides is 3. The third-order valence-corrected chi connectivity index (χ3v) is 4.99. The molecule has 1 aliphatic rings. The van der Waals surface area contributed by atoms with Crippen LogP contribution in [0, 0.1) is 5.41 Å². The van der Waals surface area contributed by atoms with E-state index in [-0.39, 0.29) is 11.6 Å². The second kappa shape index (κ2) is 7.30. The number of carbonyl (C=O) groups is 2. The van der Waals surface area contributed by atoms with Crippen molar-refractivity contribution < 1.29 is 22.8 Å². The number of amides is 2. The number of hydrogen-bond donors (Lipinski definition) is 1. The number of hydrogen-bond acceptors (Lipinski definition) is 2. The Kier molecular flexibility index (Phi) is 5.19. The Morgan fingerprint density at radius 1 is 0.964 bits per heavy atom. The first-order chi connectivity index (χ1) is 13.1. The van der Waals surface area contributed by atoms with Gasteiger partial charge in [-0.3, -0.25) is 9.59 Å². The van der Waals surface area contributed by atoms with Crippen molar-refractivity contribution in [1.82, 2.24) is 4.90 Å². The molecule has 0 bridgehead atoms. The number of carbonyl (C=O) groups excluding carboxylic acids is 2. The monoisotopic (exact) mass is 390 g/mol. The van der Waals surface area contributed by atoms with E-state index in [0.717, 1.165) is 24.1 Å². The van der Waals surface area contributed by atoms with Crippen LogP contribution in [0.1, 0.15) is 30.5 Å². The molecule has 0 saturated carbocycles. The van der Waals surface area contributed by atoms with Crippen LogP contribution in [0.25, 0.3) is 0 Å². The maximum Gasteiger partial charge on any atom is 0.416 e. The molecule has 2 amide bonds. The smallest absolute Gasteiger partial charge is 0.337 e. The van der Waals surface area contributed by atoms with Gasteiger partial charge in [-0.1, -0.05) is 24.3 Å². The lowest BCUT2D eigenvalue weighted by Gasteiger charge is -2.34. The van der Waals surface area contributed by atoms with E-state index in [0.29, 0.717) is 13.1 Å². The first-order valence-electron chi connectivity index (χ1n) is 8.94. The van der Waals surface area contributed by atoms with Gasteiger partial charge in [0.2, 0.25) is 11.8 Å². The molecule has 1 N–H and O–H groups in total. The number of rotatable bonds is 3. The number of fused-ring (bicyclic) bond motifs is 1. The van der Waals surface area contributed by atoms with Crippen LogP contribution >= 0.6 is 0 Å². The average molecular weight is 390 g/mol. The molecule has 1 aliphatic heterocycles. The molecular weight excluding hydrogens is 369 g/mol. The standard InChI is InChI=1S/C21H21F3N2O2/c1-20(2,18(27)25-17-9-7-16(8-10-17)21(22,23)24)19(28)26-12-11-14-5-3-4-6-15(14)13-26/h3-10H,11-13H2,1-2H3,(H,25,27). The molecule has 0 aromatic heterocycles. The fourth-order valence-electron chi connectivity index (χ4n) is 3.19. The molecule has 4 nitrogen and oxygen atoms in total. The van der Waals surface area contributed by atoms with Gasteiger partial charge in [0.05, 0.1) is 5.56 Å². The zero-order valence-corrected chi connectivity index (χ0v) is 15.6. The van der Waals surface area contributed by atoms with E-state index in [1.165, 1.54) is 31.5 Å². The first kappa shape index (κ1) is 19.9. The Morgan fingerprint density at radius 3 is 2.18 bits per heavy atom. The molecule has 0 radical (unpaired) electrons. The Morgan fingerprint density at radius 2 is 1.57 bits per heavy atom. The molecule has 0 saturated heterocycles. The van der Waals surface area contributed by atoms with Crippen molar-refractivity contribution >= 4 is 17.5 Å². The molecule has 0 unspecified atom stereocenters. The van der Waals surface area contributed by atoms with Crippen LogP contribution in [0.5, 0.6) is 0 Å². The van der Waals surface area contributed by atoms with Gasteiger partial charge < -0.3 is 10.2 Å². The minimum absolute atomic E-state index is 0.211. The molecular formula is C21H21F3N2O2. The summed E-state index contributed by atoms with van der Waals surface area (Å²) < 4.78 is 38.0. The highest BCUT2D eigenvalue weighted by atomic mass is 19.4. The van der Waals surface area contributed by atoms with E-state index in [4.69, 9.17) is 0 Å². The van der Waals surface area contributed by atoms with Crippen LogP contribution in [0.2, 0.25) is 0 Å². The number of benzene rings is 2. The minimum Gasteiger partial charge on any atom is -0.337 e. The highest BCUT2D eigenvalue weighted by Gasteiger charge is 2.40. The van der Waals surface area contributed by atoms with Crippen molar-refractivity contribution in [2.75, 3.05) is 11.9 Å².